The van der Waals surface area contributed by atoms with Gasteiger partial charge in [0.2, 0.25) is 0 Å². The maximum absolute atomic E-state index is 14.4. The van der Waals surface area contributed by atoms with Gasteiger partial charge in [-0.3, -0.25) is 4.79 Å². The van der Waals surface area contributed by atoms with E-state index in [0.717, 1.165) is 16.7 Å². The van der Waals surface area contributed by atoms with E-state index in [2.05, 4.69) is 0 Å². The first kappa shape index (κ1) is 18.5. The predicted octanol–water partition coefficient (Wildman–Crippen LogP) is 5.15. The van der Waals surface area contributed by atoms with Gasteiger partial charge in [-0.1, -0.05) is 48.0 Å². The average molecular weight is 362 g/mol. The number of aryl methyl sites for hydroxylation is 1. The topological polar surface area (TPSA) is 43.4 Å². The molecule has 0 bridgehead atoms. The second kappa shape index (κ2) is 7.96. The molecule has 0 amide bonds. The lowest BCUT2D eigenvalue weighted by Gasteiger charge is -2.08. The lowest BCUT2D eigenvalue weighted by molar-refractivity contribution is -0.116. The molecule has 3 aromatic carbocycles. The number of rotatable bonds is 5. The fraction of sp³-hybridized carbons (Fsp3) is 0.130. The molecule has 0 fully saturated rings. The second-order valence-corrected chi connectivity index (χ2v) is 6.48. The molecule has 3 nitrogen and oxygen atoms in total. The zero-order valence-corrected chi connectivity index (χ0v) is 15.2. The number of halogens is 1. The van der Waals surface area contributed by atoms with Gasteiger partial charge < -0.3 is 4.74 Å². The molecule has 0 aliphatic carbocycles. The van der Waals surface area contributed by atoms with Crippen LogP contribution in [0, 0.1) is 12.7 Å². The molecule has 0 saturated heterocycles. The predicted molar refractivity (Wildman–Crippen MR) is 102 cm³/mol. The summed E-state index contributed by atoms with van der Waals surface area (Å²) in [6.45, 7) is 3.46. The van der Waals surface area contributed by atoms with Crippen molar-refractivity contribution in [2.75, 3.05) is 0 Å². The molecule has 3 rings (SSSR count). The molecule has 0 spiro atoms. The fourth-order valence-electron chi connectivity index (χ4n) is 2.71. The van der Waals surface area contributed by atoms with E-state index in [0.29, 0.717) is 17.5 Å². The highest BCUT2D eigenvalue weighted by Crippen LogP contribution is 2.26. The minimum absolute atomic E-state index is 0.0912. The van der Waals surface area contributed by atoms with Crippen molar-refractivity contribution in [3.8, 4) is 16.9 Å². The lowest BCUT2D eigenvalue weighted by Crippen LogP contribution is -2.09. The van der Waals surface area contributed by atoms with Crippen LogP contribution in [0.3, 0.4) is 0 Å². The van der Waals surface area contributed by atoms with Crippen LogP contribution in [0.1, 0.15) is 28.4 Å². The third kappa shape index (κ3) is 4.67. The maximum Gasteiger partial charge on any atom is 0.343 e. The van der Waals surface area contributed by atoms with E-state index in [1.807, 2.05) is 31.2 Å². The van der Waals surface area contributed by atoms with Crippen LogP contribution in [-0.4, -0.2) is 11.8 Å². The van der Waals surface area contributed by atoms with E-state index in [4.69, 9.17) is 4.74 Å². The first-order valence-corrected chi connectivity index (χ1v) is 8.59. The summed E-state index contributed by atoms with van der Waals surface area (Å²) in [5, 5.41) is 0. The van der Waals surface area contributed by atoms with E-state index in [1.54, 1.807) is 37.3 Å². The number of carbonyl (C=O) groups is 2. The van der Waals surface area contributed by atoms with Gasteiger partial charge in [-0.05, 0) is 54.8 Å². The van der Waals surface area contributed by atoms with Crippen molar-refractivity contribution >= 4 is 11.8 Å². The molecule has 136 valence electrons. The summed E-state index contributed by atoms with van der Waals surface area (Å²) in [4.78, 5) is 23.3. The molecule has 0 N–H and O–H groups in total. The monoisotopic (exact) mass is 362 g/mol. The SMILES string of the molecule is CC(=O)Cc1ccc(-c2ccc(OC(=O)c3ccc(C)cc3)c(F)c2)cc1. The summed E-state index contributed by atoms with van der Waals surface area (Å²) in [7, 11) is 0. The molecule has 27 heavy (non-hydrogen) atoms. The number of hydrogen-bond donors (Lipinski definition) is 0. The molecular weight excluding hydrogens is 343 g/mol. The van der Waals surface area contributed by atoms with Gasteiger partial charge in [0.1, 0.15) is 5.78 Å². The van der Waals surface area contributed by atoms with E-state index in [1.165, 1.54) is 12.1 Å². The van der Waals surface area contributed by atoms with Gasteiger partial charge in [0.15, 0.2) is 11.6 Å². The van der Waals surface area contributed by atoms with Gasteiger partial charge in [0, 0.05) is 6.42 Å². The molecule has 0 aliphatic heterocycles. The molecule has 0 aromatic heterocycles. The minimum Gasteiger partial charge on any atom is -0.420 e. The highest BCUT2D eigenvalue weighted by Gasteiger charge is 2.13. The van der Waals surface area contributed by atoms with E-state index in [9.17, 15) is 14.0 Å². The average Bonchev–Trinajstić information content (AvgIpc) is 2.64. The number of carbonyl (C=O) groups excluding carboxylic acids is 2. The Morgan fingerprint density at radius 3 is 2.11 bits per heavy atom. The van der Waals surface area contributed by atoms with Crippen LogP contribution in [0.15, 0.2) is 66.7 Å². The molecule has 0 aliphatic rings. The Bertz CT molecular complexity index is 974. The summed E-state index contributed by atoms with van der Waals surface area (Å²) < 4.78 is 19.6. The quantitative estimate of drug-likeness (QED) is 0.466. The van der Waals surface area contributed by atoms with Crippen LogP contribution in [0.25, 0.3) is 11.1 Å². The highest BCUT2D eigenvalue weighted by atomic mass is 19.1. The molecule has 4 heteroatoms. The minimum atomic E-state index is -0.610. The summed E-state index contributed by atoms with van der Waals surface area (Å²) in [5.74, 6) is -1.23. The first-order chi connectivity index (χ1) is 12.9. The standard InChI is InChI=1S/C23H19FO3/c1-15-3-7-19(8-4-15)23(26)27-22-12-11-20(14-21(22)24)18-9-5-17(6-10-18)13-16(2)25/h3-12,14H,13H2,1-2H3. The normalized spacial score (nSPS) is 10.5. The largest absolute Gasteiger partial charge is 0.420 e. The number of benzene rings is 3. The highest BCUT2D eigenvalue weighted by molar-refractivity contribution is 5.91. The fourth-order valence-corrected chi connectivity index (χ4v) is 2.71. The van der Waals surface area contributed by atoms with Crippen molar-refractivity contribution in [1.82, 2.24) is 0 Å². The number of ketones is 1. The molecule has 0 heterocycles. The third-order valence-corrected chi connectivity index (χ3v) is 4.16. The van der Waals surface area contributed by atoms with Crippen molar-refractivity contribution in [2.24, 2.45) is 0 Å². The van der Waals surface area contributed by atoms with Gasteiger partial charge in [-0.2, -0.15) is 0 Å². The lowest BCUT2D eigenvalue weighted by atomic mass is 10.0. The maximum atomic E-state index is 14.4. The molecule has 0 radical (unpaired) electrons. The molecule has 3 aromatic rings. The molecular formula is C23H19FO3. The molecule has 0 saturated carbocycles. The van der Waals surface area contributed by atoms with Crippen LogP contribution in [0.5, 0.6) is 5.75 Å². The van der Waals surface area contributed by atoms with Crippen LogP contribution in [0.4, 0.5) is 4.39 Å². The van der Waals surface area contributed by atoms with Crippen LogP contribution in [-0.2, 0) is 11.2 Å². The van der Waals surface area contributed by atoms with Gasteiger partial charge >= 0.3 is 5.97 Å². The Morgan fingerprint density at radius 1 is 0.889 bits per heavy atom. The van der Waals surface area contributed by atoms with Crippen LogP contribution >= 0.6 is 0 Å². The second-order valence-electron chi connectivity index (χ2n) is 6.48. The Kier molecular flexibility index (Phi) is 5.46. The number of hydrogen-bond acceptors (Lipinski definition) is 3. The number of ether oxygens (including phenoxy) is 1. The van der Waals surface area contributed by atoms with Crippen LogP contribution in [0.2, 0.25) is 0 Å². The van der Waals surface area contributed by atoms with Gasteiger partial charge in [0.25, 0.3) is 0 Å². The van der Waals surface area contributed by atoms with Gasteiger partial charge in [0.05, 0.1) is 5.56 Å². The van der Waals surface area contributed by atoms with Gasteiger partial charge in [-0.25, -0.2) is 9.18 Å². The van der Waals surface area contributed by atoms with E-state index < -0.39 is 11.8 Å². The summed E-state index contributed by atoms with van der Waals surface area (Å²) in [5.41, 5.74) is 3.78. The van der Waals surface area contributed by atoms with Gasteiger partial charge in [-0.15, -0.1) is 0 Å². The number of Topliss-reactive ketones (excluding diaryl/α,β-unsaturated/α-hetero) is 1. The summed E-state index contributed by atoms with van der Waals surface area (Å²) >= 11 is 0. The Labute approximate surface area is 157 Å². The van der Waals surface area contributed by atoms with Crippen molar-refractivity contribution in [3.63, 3.8) is 0 Å². The summed E-state index contributed by atoms with van der Waals surface area (Å²) in [6, 6.07) is 18.7. The number of esters is 1. The smallest absolute Gasteiger partial charge is 0.343 e. The van der Waals surface area contributed by atoms with Crippen molar-refractivity contribution in [1.29, 1.82) is 0 Å². The van der Waals surface area contributed by atoms with Crippen molar-refractivity contribution < 1.29 is 18.7 Å². The van der Waals surface area contributed by atoms with Crippen molar-refractivity contribution in [3.05, 3.63) is 89.2 Å². The van der Waals surface area contributed by atoms with Crippen LogP contribution < -0.4 is 4.74 Å². The molecule has 0 atom stereocenters. The zero-order valence-electron chi connectivity index (χ0n) is 15.2. The zero-order chi connectivity index (χ0) is 19.4. The van der Waals surface area contributed by atoms with E-state index >= 15 is 0 Å². The van der Waals surface area contributed by atoms with Crippen molar-refractivity contribution in [2.45, 2.75) is 20.3 Å². The third-order valence-electron chi connectivity index (χ3n) is 4.16. The van der Waals surface area contributed by atoms with E-state index in [-0.39, 0.29) is 11.5 Å². The Hall–Kier alpha value is -3.27. The summed E-state index contributed by atoms with van der Waals surface area (Å²) in [6.07, 6.45) is 0.378. The molecule has 0 unspecified atom stereocenters. The first-order valence-electron chi connectivity index (χ1n) is 8.59. The Balaban J connectivity index is 1.76. The Morgan fingerprint density at radius 2 is 1.52 bits per heavy atom.